The molecule has 0 fully saturated rings. The summed E-state index contributed by atoms with van der Waals surface area (Å²) in [7, 11) is -3.58. The minimum Gasteiger partial charge on any atom is -0.495 e. The SMILES string of the molecule is CCOC(=O)[C@](Nc1ccccc1OC)(NS(=O)(=O)c1ccc(C)cc1)C(F)(F)F. The van der Waals surface area contributed by atoms with E-state index >= 15 is 0 Å². The minimum atomic E-state index is -5.42. The first-order chi connectivity index (χ1) is 14.0. The number of hydrogen-bond acceptors (Lipinski definition) is 6. The molecule has 2 rings (SSSR count). The van der Waals surface area contributed by atoms with Crippen LogP contribution in [0.2, 0.25) is 0 Å². The fraction of sp³-hybridized carbons (Fsp3) is 0.316. The molecule has 0 heterocycles. The molecular weight excluding hydrogens is 425 g/mol. The van der Waals surface area contributed by atoms with Crippen LogP contribution < -0.4 is 14.8 Å². The average Bonchev–Trinajstić information content (AvgIpc) is 2.67. The molecule has 0 bridgehead atoms. The topological polar surface area (TPSA) is 93.7 Å². The van der Waals surface area contributed by atoms with Crippen molar-refractivity contribution in [2.45, 2.75) is 30.6 Å². The van der Waals surface area contributed by atoms with Gasteiger partial charge in [0.2, 0.25) is 10.0 Å². The van der Waals surface area contributed by atoms with Gasteiger partial charge in [-0.15, -0.1) is 0 Å². The van der Waals surface area contributed by atoms with Crippen LogP contribution in [0.4, 0.5) is 18.9 Å². The Hall–Kier alpha value is -2.79. The van der Waals surface area contributed by atoms with Gasteiger partial charge < -0.3 is 14.8 Å². The molecule has 0 aliphatic carbocycles. The zero-order valence-corrected chi connectivity index (χ0v) is 17.2. The molecule has 0 amide bonds. The van der Waals surface area contributed by atoms with E-state index < -0.39 is 39.3 Å². The highest BCUT2D eigenvalue weighted by molar-refractivity contribution is 7.89. The first kappa shape index (κ1) is 23.5. The first-order valence-electron chi connectivity index (χ1n) is 8.72. The van der Waals surface area contributed by atoms with Gasteiger partial charge in [0.15, 0.2) is 0 Å². The van der Waals surface area contributed by atoms with Crippen LogP contribution in [0.3, 0.4) is 0 Å². The summed E-state index contributed by atoms with van der Waals surface area (Å²) in [6.45, 7) is 2.58. The number of ether oxygens (including phenoxy) is 2. The van der Waals surface area contributed by atoms with Crippen molar-refractivity contribution < 1.29 is 35.9 Å². The van der Waals surface area contributed by atoms with Crippen LogP contribution in [0.15, 0.2) is 53.4 Å². The van der Waals surface area contributed by atoms with Gasteiger partial charge in [-0.25, -0.2) is 13.2 Å². The highest BCUT2D eigenvalue weighted by Gasteiger charge is 2.64. The minimum absolute atomic E-state index is 0.0371. The van der Waals surface area contributed by atoms with Gasteiger partial charge in [0, 0.05) is 0 Å². The lowest BCUT2D eigenvalue weighted by molar-refractivity contribution is -0.202. The van der Waals surface area contributed by atoms with E-state index in [9.17, 15) is 26.4 Å². The molecule has 0 unspecified atom stereocenters. The summed E-state index contributed by atoms with van der Waals surface area (Å²) in [6, 6.07) is 10.6. The third-order valence-electron chi connectivity index (χ3n) is 4.05. The predicted octanol–water partition coefficient (Wildman–Crippen LogP) is 3.22. The number of methoxy groups -OCH3 is 1. The lowest BCUT2D eigenvalue weighted by Crippen LogP contribution is -2.69. The first-order valence-corrected chi connectivity index (χ1v) is 10.2. The molecule has 0 saturated heterocycles. The molecule has 0 spiro atoms. The molecule has 2 aromatic rings. The Morgan fingerprint density at radius 3 is 2.20 bits per heavy atom. The van der Waals surface area contributed by atoms with E-state index in [1.807, 2.05) is 5.32 Å². The van der Waals surface area contributed by atoms with Crippen LogP contribution >= 0.6 is 0 Å². The molecule has 0 aliphatic rings. The molecule has 2 aromatic carbocycles. The summed E-state index contributed by atoms with van der Waals surface area (Å²) in [5.74, 6) is -1.90. The second kappa shape index (κ2) is 8.92. The van der Waals surface area contributed by atoms with Crippen molar-refractivity contribution in [2.24, 2.45) is 0 Å². The number of benzene rings is 2. The van der Waals surface area contributed by atoms with Crippen LogP contribution in [0.5, 0.6) is 5.75 Å². The molecule has 0 radical (unpaired) electrons. The zero-order valence-electron chi connectivity index (χ0n) is 16.4. The van der Waals surface area contributed by atoms with Crippen LogP contribution in [0, 0.1) is 6.92 Å². The van der Waals surface area contributed by atoms with E-state index in [1.165, 1.54) is 55.2 Å². The summed E-state index contributed by atoms with van der Waals surface area (Å²) in [4.78, 5) is 12.1. The number of esters is 1. The largest absolute Gasteiger partial charge is 0.495 e. The molecule has 0 saturated carbocycles. The Bertz CT molecular complexity index is 994. The molecule has 30 heavy (non-hydrogen) atoms. The van der Waals surface area contributed by atoms with Crippen LogP contribution in [-0.2, 0) is 19.6 Å². The lowest BCUT2D eigenvalue weighted by Gasteiger charge is -2.35. The van der Waals surface area contributed by atoms with Gasteiger partial charge >= 0.3 is 12.1 Å². The number of carbonyl (C=O) groups excluding carboxylic acids is 1. The fourth-order valence-electron chi connectivity index (χ4n) is 2.53. The van der Waals surface area contributed by atoms with Gasteiger partial charge in [0.1, 0.15) is 5.75 Å². The van der Waals surface area contributed by atoms with Crippen LogP contribution in [0.25, 0.3) is 0 Å². The highest BCUT2D eigenvalue weighted by Crippen LogP contribution is 2.37. The Morgan fingerprint density at radius 1 is 1.07 bits per heavy atom. The molecular formula is C19H21F3N2O5S. The second-order valence-electron chi connectivity index (χ2n) is 6.21. The number of anilines is 1. The van der Waals surface area contributed by atoms with E-state index in [-0.39, 0.29) is 11.4 Å². The Kier molecular flexibility index (Phi) is 6.99. The fourth-order valence-corrected chi connectivity index (χ4v) is 3.80. The molecule has 0 aliphatic heterocycles. The number of rotatable bonds is 8. The van der Waals surface area contributed by atoms with Crippen LogP contribution in [0.1, 0.15) is 12.5 Å². The maximum absolute atomic E-state index is 14.2. The summed E-state index contributed by atoms with van der Waals surface area (Å²) in [5.41, 5.74) is -3.37. The summed E-state index contributed by atoms with van der Waals surface area (Å²) in [5, 5.41) is 1.96. The average molecular weight is 446 g/mol. The molecule has 0 aromatic heterocycles. The maximum atomic E-state index is 14.2. The van der Waals surface area contributed by atoms with Crippen molar-refractivity contribution in [1.82, 2.24) is 4.72 Å². The molecule has 164 valence electrons. The van der Waals surface area contributed by atoms with E-state index in [0.717, 1.165) is 12.1 Å². The maximum Gasteiger partial charge on any atom is 0.437 e. The van der Waals surface area contributed by atoms with Gasteiger partial charge in [0.25, 0.3) is 5.66 Å². The Labute approximate surface area is 172 Å². The standard InChI is InChI=1S/C19H21F3N2O5S/c1-4-29-17(25)18(19(20,21)22,23-15-7-5-6-8-16(15)28-3)24-30(26,27)14-11-9-13(2)10-12-14/h5-12,23-24H,4H2,1-3H3/t18-/m0/s1. The van der Waals surface area contributed by atoms with Crippen LogP contribution in [-0.4, -0.2) is 39.9 Å². The number of halogens is 3. The monoisotopic (exact) mass is 446 g/mol. The number of alkyl halides is 3. The van der Waals surface area contributed by atoms with Crippen molar-refractivity contribution in [3.63, 3.8) is 0 Å². The summed E-state index contributed by atoms with van der Waals surface area (Å²) in [6.07, 6.45) is -5.42. The number of hydrogen-bond donors (Lipinski definition) is 2. The van der Waals surface area contributed by atoms with Crippen molar-refractivity contribution in [2.75, 3.05) is 19.0 Å². The van der Waals surface area contributed by atoms with Gasteiger partial charge in [-0.05, 0) is 38.1 Å². The third-order valence-corrected chi connectivity index (χ3v) is 5.52. The van der Waals surface area contributed by atoms with E-state index in [2.05, 4.69) is 4.74 Å². The number of sulfonamides is 1. The summed E-state index contributed by atoms with van der Waals surface area (Å²) < 4.78 is 79.4. The number of nitrogens with one attached hydrogen (secondary N) is 2. The van der Waals surface area contributed by atoms with Gasteiger partial charge in [-0.2, -0.15) is 17.9 Å². The number of aryl methyl sites for hydroxylation is 1. The number of para-hydroxylation sites is 2. The smallest absolute Gasteiger partial charge is 0.437 e. The Balaban J connectivity index is 2.64. The van der Waals surface area contributed by atoms with Crippen molar-refractivity contribution in [3.8, 4) is 5.75 Å². The van der Waals surface area contributed by atoms with Crippen molar-refractivity contribution >= 4 is 21.7 Å². The van der Waals surface area contributed by atoms with E-state index in [4.69, 9.17) is 4.74 Å². The molecule has 1 atom stereocenters. The molecule has 7 nitrogen and oxygen atoms in total. The molecule has 11 heteroatoms. The van der Waals surface area contributed by atoms with Gasteiger partial charge in [0.05, 0.1) is 24.3 Å². The molecule has 2 N–H and O–H groups in total. The predicted molar refractivity (Wildman–Crippen MR) is 104 cm³/mol. The highest BCUT2D eigenvalue weighted by atomic mass is 32.2. The Morgan fingerprint density at radius 2 is 1.67 bits per heavy atom. The third kappa shape index (κ3) is 4.85. The van der Waals surface area contributed by atoms with E-state index in [0.29, 0.717) is 5.56 Å². The van der Waals surface area contributed by atoms with Crippen molar-refractivity contribution in [3.05, 3.63) is 54.1 Å². The zero-order chi connectivity index (χ0) is 22.6. The number of carbonyl (C=O) groups is 1. The second-order valence-corrected chi connectivity index (χ2v) is 7.89. The van der Waals surface area contributed by atoms with E-state index in [1.54, 1.807) is 6.92 Å². The van der Waals surface area contributed by atoms with Gasteiger partial charge in [-0.1, -0.05) is 29.8 Å². The quantitative estimate of drug-likeness (QED) is 0.478. The summed E-state index contributed by atoms with van der Waals surface area (Å²) >= 11 is 0. The van der Waals surface area contributed by atoms with Crippen molar-refractivity contribution in [1.29, 1.82) is 0 Å². The normalized spacial score (nSPS) is 13.9. The lowest BCUT2D eigenvalue weighted by atomic mass is 10.1. The van der Waals surface area contributed by atoms with Gasteiger partial charge in [-0.3, -0.25) is 0 Å².